The number of ether oxygens (including phenoxy) is 1. The largest absolute Gasteiger partial charge is 0.497 e. The molecular weight excluding hydrogens is 330 g/mol. The predicted octanol–water partition coefficient (Wildman–Crippen LogP) is 2.12. The summed E-state index contributed by atoms with van der Waals surface area (Å²) in [6.07, 6.45) is 1.85. The second-order valence-electron chi connectivity index (χ2n) is 6.42. The zero-order valence-electron chi connectivity index (χ0n) is 14.9. The van der Waals surface area contributed by atoms with Crippen molar-refractivity contribution in [3.63, 3.8) is 0 Å². The van der Waals surface area contributed by atoms with E-state index in [2.05, 4.69) is 15.0 Å². The van der Waals surface area contributed by atoms with Gasteiger partial charge in [0.05, 0.1) is 19.2 Å². The highest BCUT2D eigenvalue weighted by molar-refractivity contribution is 5.90. The summed E-state index contributed by atoms with van der Waals surface area (Å²) in [7, 11) is 1.65. The summed E-state index contributed by atoms with van der Waals surface area (Å²) in [5, 5.41) is 0. The second kappa shape index (κ2) is 6.67. The van der Waals surface area contributed by atoms with Gasteiger partial charge in [0.15, 0.2) is 5.82 Å². The number of nitrogens with one attached hydrogen (secondary N) is 1. The van der Waals surface area contributed by atoms with Crippen LogP contribution in [0.4, 0.5) is 5.82 Å². The molecule has 0 saturated carbocycles. The standard InChI is InChI=1S/C19H21N5O2/c1-13-21-16-6-7-20-18(16)19(22-13)24-9-8-23(17(25)12-24)11-14-4-3-5-15(10-14)26-2/h3-7,10,20H,8-9,11-12H2,1-2H3. The first-order chi connectivity index (χ1) is 12.6. The fraction of sp³-hybridized carbons (Fsp3) is 0.316. The van der Waals surface area contributed by atoms with E-state index in [4.69, 9.17) is 4.74 Å². The molecule has 3 heterocycles. The molecule has 1 N–H and O–H groups in total. The normalized spacial score (nSPS) is 14.9. The van der Waals surface area contributed by atoms with Gasteiger partial charge in [-0.15, -0.1) is 0 Å². The topological polar surface area (TPSA) is 74.3 Å². The molecule has 0 atom stereocenters. The number of carbonyl (C=O) groups excluding carboxylic acids is 1. The van der Waals surface area contributed by atoms with Gasteiger partial charge < -0.3 is 19.5 Å². The first-order valence-corrected chi connectivity index (χ1v) is 8.61. The summed E-state index contributed by atoms with van der Waals surface area (Å²) in [6, 6.07) is 9.76. The molecule has 134 valence electrons. The third-order valence-corrected chi connectivity index (χ3v) is 4.62. The summed E-state index contributed by atoms with van der Waals surface area (Å²) in [4.78, 5) is 28.8. The fourth-order valence-electron chi connectivity index (χ4n) is 3.32. The number of hydrogen-bond acceptors (Lipinski definition) is 5. The molecule has 1 amide bonds. The highest BCUT2D eigenvalue weighted by Crippen LogP contribution is 2.24. The number of aryl methyl sites for hydroxylation is 1. The summed E-state index contributed by atoms with van der Waals surface area (Å²) in [6.45, 7) is 4.16. The molecule has 0 unspecified atom stereocenters. The lowest BCUT2D eigenvalue weighted by atomic mass is 10.2. The maximum Gasteiger partial charge on any atom is 0.242 e. The molecule has 2 aromatic heterocycles. The highest BCUT2D eigenvalue weighted by atomic mass is 16.5. The van der Waals surface area contributed by atoms with Crippen molar-refractivity contribution in [3.05, 3.63) is 47.9 Å². The lowest BCUT2D eigenvalue weighted by Gasteiger charge is -2.35. The van der Waals surface area contributed by atoms with Crippen LogP contribution >= 0.6 is 0 Å². The number of fused-ring (bicyclic) bond motifs is 1. The fourth-order valence-corrected chi connectivity index (χ4v) is 3.32. The zero-order chi connectivity index (χ0) is 18.1. The molecule has 1 aliphatic rings. The number of rotatable bonds is 4. The van der Waals surface area contributed by atoms with Gasteiger partial charge in [0, 0.05) is 25.8 Å². The van der Waals surface area contributed by atoms with Crippen molar-refractivity contribution in [2.75, 3.05) is 31.6 Å². The first-order valence-electron chi connectivity index (χ1n) is 8.61. The SMILES string of the molecule is COc1cccc(CN2CCN(c3nc(C)nc4cc[nH]c34)CC2=O)c1. The van der Waals surface area contributed by atoms with Gasteiger partial charge in [-0.1, -0.05) is 12.1 Å². The van der Waals surface area contributed by atoms with Crippen molar-refractivity contribution in [2.45, 2.75) is 13.5 Å². The summed E-state index contributed by atoms with van der Waals surface area (Å²) in [5.41, 5.74) is 2.82. The molecule has 7 heteroatoms. The van der Waals surface area contributed by atoms with Crippen molar-refractivity contribution in [2.24, 2.45) is 0 Å². The summed E-state index contributed by atoms with van der Waals surface area (Å²) in [5.74, 6) is 2.40. The molecule has 0 bridgehead atoms. The Morgan fingerprint density at radius 3 is 2.92 bits per heavy atom. The van der Waals surface area contributed by atoms with Crippen LogP contribution in [0.2, 0.25) is 0 Å². The monoisotopic (exact) mass is 351 g/mol. The van der Waals surface area contributed by atoms with E-state index in [1.807, 2.05) is 53.3 Å². The number of piperazine rings is 1. The molecule has 1 saturated heterocycles. The minimum absolute atomic E-state index is 0.0926. The van der Waals surface area contributed by atoms with E-state index < -0.39 is 0 Å². The van der Waals surface area contributed by atoms with Crippen LogP contribution in [0.5, 0.6) is 5.75 Å². The van der Waals surface area contributed by atoms with Crippen LogP contribution in [0.3, 0.4) is 0 Å². The van der Waals surface area contributed by atoms with Gasteiger partial charge in [-0.2, -0.15) is 0 Å². The van der Waals surface area contributed by atoms with Gasteiger partial charge in [0.1, 0.15) is 17.1 Å². The van der Waals surface area contributed by atoms with Gasteiger partial charge in [-0.3, -0.25) is 4.79 Å². The van der Waals surface area contributed by atoms with Gasteiger partial charge in [-0.05, 0) is 30.7 Å². The Labute approximate surface area is 151 Å². The van der Waals surface area contributed by atoms with Crippen LogP contribution in [0.25, 0.3) is 11.0 Å². The molecule has 4 rings (SSSR count). The van der Waals surface area contributed by atoms with Crippen LogP contribution in [-0.2, 0) is 11.3 Å². The molecule has 0 radical (unpaired) electrons. The Kier molecular flexibility index (Phi) is 4.20. The maximum atomic E-state index is 12.7. The Hall–Kier alpha value is -3.09. The molecule has 1 fully saturated rings. The average Bonchev–Trinajstić information content (AvgIpc) is 3.11. The summed E-state index contributed by atoms with van der Waals surface area (Å²) < 4.78 is 5.26. The molecule has 1 aromatic carbocycles. The van der Waals surface area contributed by atoms with E-state index in [0.717, 1.165) is 34.7 Å². The highest BCUT2D eigenvalue weighted by Gasteiger charge is 2.26. The number of carbonyl (C=O) groups is 1. The van der Waals surface area contributed by atoms with Gasteiger partial charge in [-0.25, -0.2) is 9.97 Å². The first kappa shape index (κ1) is 16.4. The summed E-state index contributed by atoms with van der Waals surface area (Å²) >= 11 is 0. The van der Waals surface area contributed by atoms with Crippen molar-refractivity contribution in [1.29, 1.82) is 0 Å². The Bertz CT molecular complexity index is 952. The number of amides is 1. The van der Waals surface area contributed by atoms with Crippen LogP contribution in [-0.4, -0.2) is 52.5 Å². The lowest BCUT2D eigenvalue weighted by molar-refractivity contribution is -0.131. The van der Waals surface area contributed by atoms with Crippen LogP contribution in [0, 0.1) is 6.92 Å². The molecule has 0 spiro atoms. The number of anilines is 1. The number of aromatic amines is 1. The van der Waals surface area contributed by atoms with Crippen LogP contribution in [0.1, 0.15) is 11.4 Å². The predicted molar refractivity (Wildman–Crippen MR) is 99.2 cm³/mol. The van der Waals surface area contributed by atoms with Crippen molar-refractivity contribution in [3.8, 4) is 5.75 Å². The number of aromatic nitrogens is 3. The van der Waals surface area contributed by atoms with E-state index >= 15 is 0 Å². The number of nitrogens with zero attached hydrogens (tertiary/aromatic N) is 4. The number of methoxy groups -OCH3 is 1. The minimum Gasteiger partial charge on any atom is -0.497 e. The minimum atomic E-state index is 0.0926. The van der Waals surface area contributed by atoms with Crippen LogP contribution < -0.4 is 9.64 Å². The van der Waals surface area contributed by atoms with Gasteiger partial charge in [0.25, 0.3) is 0 Å². The molecular formula is C19H21N5O2. The van der Waals surface area contributed by atoms with E-state index in [1.54, 1.807) is 7.11 Å². The van der Waals surface area contributed by atoms with E-state index in [0.29, 0.717) is 25.5 Å². The molecule has 3 aromatic rings. The van der Waals surface area contributed by atoms with Crippen molar-refractivity contribution < 1.29 is 9.53 Å². The van der Waals surface area contributed by atoms with E-state index in [9.17, 15) is 4.79 Å². The number of benzene rings is 1. The lowest BCUT2D eigenvalue weighted by Crippen LogP contribution is -2.50. The van der Waals surface area contributed by atoms with Crippen molar-refractivity contribution >= 4 is 22.8 Å². The number of H-pyrrole nitrogens is 1. The average molecular weight is 351 g/mol. The smallest absolute Gasteiger partial charge is 0.242 e. The van der Waals surface area contributed by atoms with Crippen LogP contribution in [0.15, 0.2) is 36.5 Å². The van der Waals surface area contributed by atoms with E-state index in [1.165, 1.54) is 0 Å². The third-order valence-electron chi connectivity index (χ3n) is 4.62. The molecule has 0 aliphatic carbocycles. The Morgan fingerprint density at radius 1 is 1.23 bits per heavy atom. The molecule has 26 heavy (non-hydrogen) atoms. The Morgan fingerprint density at radius 2 is 2.12 bits per heavy atom. The quantitative estimate of drug-likeness (QED) is 0.779. The molecule has 7 nitrogen and oxygen atoms in total. The Balaban J connectivity index is 1.51. The van der Waals surface area contributed by atoms with Gasteiger partial charge >= 0.3 is 0 Å². The molecule has 1 aliphatic heterocycles. The zero-order valence-corrected chi connectivity index (χ0v) is 14.9. The second-order valence-corrected chi connectivity index (χ2v) is 6.42. The third kappa shape index (κ3) is 3.08. The number of hydrogen-bond donors (Lipinski definition) is 1. The van der Waals surface area contributed by atoms with Crippen molar-refractivity contribution in [1.82, 2.24) is 19.9 Å². The van der Waals surface area contributed by atoms with Gasteiger partial charge in [0.2, 0.25) is 5.91 Å². The maximum absolute atomic E-state index is 12.7. The van der Waals surface area contributed by atoms with E-state index in [-0.39, 0.29) is 5.91 Å².